The van der Waals surface area contributed by atoms with Gasteiger partial charge < -0.3 is 9.47 Å². The van der Waals surface area contributed by atoms with E-state index in [0.29, 0.717) is 19.6 Å². The second-order valence-corrected chi connectivity index (χ2v) is 7.07. The molecular formula is C21H22O4. The molecule has 1 aromatic rings. The molecule has 0 N–H and O–H groups in total. The molecule has 3 aliphatic rings. The summed E-state index contributed by atoms with van der Waals surface area (Å²) in [6.45, 7) is 3.03. The van der Waals surface area contributed by atoms with E-state index in [1.807, 2.05) is 37.3 Å². The Morgan fingerprint density at radius 2 is 1.88 bits per heavy atom. The quantitative estimate of drug-likeness (QED) is 0.792. The summed E-state index contributed by atoms with van der Waals surface area (Å²) in [6.07, 6.45) is 5.37. The summed E-state index contributed by atoms with van der Waals surface area (Å²) in [5, 5.41) is 0. The molecule has 4 nitrogen and oxygen atoms in total. The monoisotopic (exact) mass is 338 g/mol. The van der Waals surface area contributed by atoms with Crippen LogP contribution in [-0.4, -0.2) is 30.4 Å². The molecule has 1 saturated heterocycles. The van der Waals surface area contributed by atoms with E-state index in [1.165, 1.54) is 12.2 Å². The Morgan fingerprint density at radius 3 is 2.68 bits per heavy atom. The second-order valence-electron chi connectivity index (χ2n) is 7.07. The molecule has 1 fully saturated rings. The SMILES string of the molecule is C[C@H](OCc1ccccc1)[C@H]1OC[C@H]2C1=CC[C@H]1C(=O)C=CC(=O)[C@H]12. The number of rotatable bonds is 4. The minimum Gasteiger partial charge on any atom is -0.371 e. The number of allylic oxidation sites excluding steroid dienone is 3. The van der Waals surface area contributed by atoms with E-state index in [0.717, 1.165) is 11.1 Å². The smallest absolute Gasteiger partial charge is 0.160 e. The molecule has 25 heavy (non-hydrogen) atoms. The van der Waals surface area contributed by atoms with Crippen LogP contribution in [0.5, 0.6) is 0 Å². The predicted octanol–water partition coefficient (Wildman–Crippen LogP) is 2.88. The summed E-state index contributed by atoms with van der Waals surface area (Å²) in [5.74, 6) is -0.343. The molecule has 5 atom stereocenters. The van der Waals surface area contributed by atoms with Crippen molar-refractivity contribution in [2.24, 2.45) is 17.8 Å². The van der Waals surface area contributed by atoms with Crippen LogP contribution in [0.1, 0.15) is 18.9 Å². The first kappa shape index (κ1) is 16.4. The van der Waals surface area contributed by atoms with E-state index >= 15 is 0 Å². The van der Waals surface area contributed by atoms with Crippen molar-refractivity contribution in [3.05, 3.63) is 59.7 Å². The molecule has 0 radical (unpaired) electrons. The fraction of sp³-hybridized carbons (Fsp3) is 0.429. The van der Waals surface area contributed by atoms with Crippen LogP contribution in [0.3, 0.4) is 0 Å². The molecule has 1 heterocycles. The third kappa shape index (κ3) is 3.00. The molecule has 2 aliphatic carbocycles. The Bertz CT molecular complexity index is 734. The van der Waals surface area contributed by atoms with Gasteiger partial charge in [-0.2, -0.15) is 0 Å². The molecule has 1 aliphatic heterocycles. The van der Waals surface area contributed by atoms with Gasteiger partial charge in [-0.15, -0.1) is 0 Å². The van der Waals surface area contributed by atoms with Crippen molar-refractivity contribution >= 4 is 11.6 Å². The Morgan fingerprint density at radius 1 is 1.12 bits per heavy atom. The van der Waals surface area contributed by atoms with E-state index in [2.05, 4.69) is 6.08 Å². The van der Waals surface area contributed by atoms with Crippen LogP contribution in [0.2, 0.25) is 0 Å². The summed E-state index contributed by atoms with van der Waals surface area (Å²) < 4.78 is 12.0. The number of carbonyl (C=O) groups is 2. The van der Waals surface area contributed by atoms with Gasteiger partial charge in [-0.1, -0.05) is 36.4 Å². The molecule has 0 unspecified atom stereocenters. The Labute approximate surface area is 147 Å². The normalized spacial score (nSPS) is 32.1. The van der Waals surface area contributed by atoms with Crippen LogP contribution in [0.15, 0.2) is 54.1 Å². The van der Waals surface area contributed by atoms with Crippen LogP contribution in [0.25, 0.3) is 0 Å². The van der Waals surface area contributed by atoms with Gasteiger partial charge in [0.15, 0.2) is 11.6 Å². The summed E-state index contributed by atoms with van der Waals surface area (Å²) in [5.41, 5.74) is 2.26. The lowest BCUT2D eigenvalue weighted by atomic mass is 9.66. The number of ether oxygens (including phenoxy) is 2. The van der Waals surface area contributed by atoms with Crippen molar-refractivity contribution in [1.29, 1.82) is 0 Å². The number of fused-ring (bicyclic) bond motifs is 3. The van der Waals surface area contributed by atoms with Crippen molar-refractivity contribution < 1.29 is 19.1 Å². The molecular weight excluding hydrogens is 316 g/mol. The van der Waals surface area contributed by atoms with Crippen LogP contribution in [0.4, 0.5) is 0 Å². The van der Waals surface area contributed by atoms with E-state index in [-0.39, 0.29) is 41.5 Å². The first-order valence-electron chi connectivity index (χ1n) is 8.88. The van der Waals surface area contributed by atoms with E-state index in [4.69, 9.17) is 9.47 Å². The van der Waals surface area contributed by atoms with Gasteiger partial charge in [-0.05, 0) is 36.6 Å². The van der Waals surface area contributed by atoms with Gasteiger partial charge in [-0.25, -0.2) is 0 Å². The minimum absolute atomic E-state index is 0.00734. The molecule has 1 aromatic carbocycles. The lowest BCUT2D eigenvalue weighted by molar-refractivity contribution is -0.130. The fourth-order valence-electron chi connectivity index (χ4n) is 4.26. The molecule has 0 amide bonds. The topological polar surface area (TPSA) is 52.6 Å². The maximum Gasteiger partial charge on any atom is 0.160 e. The van der Waals surface area contributed by atoms with Crippen molar-refractivity contribution in [2.75, 3.05) is 6.61 Å². The van der Waals surface area contributed by atoms with E-state index in [1.54, 1.807) is 0 Å². The third-order valence-corrected chi connectivity index (χ3v) is 5.57. The molecule has 0 spiro atoms. The van der Waals surface area contributed by atoms with Gasteiger partial charge in [0.05, 0.1) is 19.3 Å². The number of hydrogen-bond acceptors (Lipinski definition) is 4. The third-order valence-electron chi connectivity index (χ3n) is 5.57. The van der Waals surface area contributed by atoms with Crippen molar-refractivity contribution in [3.8, 4) is 0 Å². The molecule has 0 saturated carbocycles. The maximum absolute atomic E-state index is 12.4. The first-order chi connectivity index (χ1) is 12.1. The van der Waals surface area contributed by atoms with Crippen molar-refractivity contribution in [1.82, 2.24) is 0 Å². The Balaban J connectivity index is 1.47. The lowest BCUT2D eigenvalue weighted by Crippen LogP contribution is -2.41. The van der Waals surface area contributed by atoms with Gasteiger partial charge >= 0.3 is 0 Å². The number of benzene rings is 1. The minimum atomic E-state index is -0.260. The predicted molar refractivity (Wildman–Crippen MR) is 92.8 cm³/mol. The van der Waals surface area contributed by atoms with Gasteiger partial charge in [0.2, 0.25) is 0 Å². The van der Waals surface area contributed by atoms with E-state index in [9.17, 15) is 9.59 Å². The highest BCUT2D eigenvalue weighted by Crippen LogP contribution is 2.44. The summed E-state index contributed by atoms with van der Waals surface area (Å²) in [6, 6.07) is 10.0. The van der Waals surface area contributed by atoms with Crippen molar-refractivity contribution in [3.63, 3.8) is 0 Å². The van der Waals surface area contributed by atoms with Crippen LogP contribution in [0, 0.1) is 17.8 Å². The Kier molecular flexibility index (Phi) is 4.40. The van der Waals surface area contributed by atoms with Gasteiger partial charge in [0.1, 0.15) is 6.10 Å². The molecule has 4 heteroatoms. The average Bonchev–Trinajstić information content (AvgIpc) is 3.07. The zero-order chi connectivity index (χ0) is 17.4. The van der Waals surface area contributed by atoms with Crippen molar-refractivity contribution in [2.45, 2.75) is 32.2 Å². The fourth-order valence-corrected chi connectivity index (χ4v) is 4.26. The number of hydrogen-bond donors (Lipinski definition) is 0. The lowest BCUT2D eigenvalue weighted by Gasteiger charge is -2.35. The standard InChI is InChI=1S/C21H22O4/c1-13(24-11-14-5-3-2-4-6-14)21-15-7-8-16-18(22)9-10-19(23)20(16)17(15)12-25-21/h2-7,9-10,13,16-17,20-21H,8,11-12H2,1H3/t13-,16-,17-,20+,21+/m0/s1. The largest absolute Gasteiger partial charge is 0.371 e. The molecule has 4 rings (SSSR count). The Hall–Kier alpha value is -2.04. The van der Waals surface area contributed by atoms with Gasteiger partial charge in [-0.3, -0.25) is 9.59 Å². The molecule has 0 aromatic heterocycles. The van der Waals surface area contributed by atoms with Crippen LogP contribution >= 0.6 is 0 Å². The average molecular weight is 338 g/mol. The van der Waals surface area contributed by atoms with Crippen LogP contribution < -0.4 is 0 Å². The zero-order valence-electron chi connectivity index (χ0n) is 14.3. The summed E-state index contributed by atoms with van der Waals surface area (Å²) in [7, 11) is 0. The summed E-state index contributed by atoms with van der Waals surface area (Å²) >= 11 is 0. The second kappa shape index (κ2) is 6.70. The highest BCUT2D eigenvalue weighted by Gasteiger charge is 2.49. The number of carbonyl (C=O) groups excluding carboxylic acids is 2. The maximum atomic E-state index is 12.4. The zero-order valence-corrected chi connectivity index (χ0v) is 14.3. The molecule has 130 valence electrons. The van der Waals surface area contributed by atoms with Crippen LogP contribution in [-0.2, 0) is 25.7 Å². The summed E-state index contributed by atoms with van der Waals surface area (Å²) in [4.78, 5) is 24.5. The highest BCUT2D eigenvalue weighted by molar-refractivity contribution is 6.07. The van der Waals surface area contributed by atoms with E-state index < -0.39 is 0 Å². The number of ketones is 2. The highest BCUT2D eigenvalue weighted by atomic mass is 16.5. The van der Waals surface area contributed by atoms with Gasteiger partial charge in [0, 0.05) is 17.8 Å². The van der Waals surface area contributed by atoms with Gasteiger partial charge in [0.25, 0.3) is 0 Å². The molecule has 0 bridgehead atoms. The first-order valence-corrected chi connectivity index (χ1v) is 8.88.